The summed E-state index contributed by atoms with van der Waals surface area (Å²) in [5, 5.41) is 20.7. The number of aliphatic hydroxyl groups excluding tert-OH is 1. The van der Waals surface area contributed by atoms with Crippen molar-refractivity contribution >= 4 is 0 Å². The van der Waals surface area contributed by atoms with Gasteiger partial charge >= 0.3 is 0 Å². The van der Waals surface area contributed by atoms with Crippen molar-refractivity contribution in [3.8, 4) is 0 Å². The highest BCUT2D eigenvalue weighted by molar-refractivity contribution is 4.72. The van der Waals surface area contributed by atoms with Crippen molar-refractivity contribution in [2.24, 2.45) is 0 Å². The molecule has 0 aromatic carbocycles. The van der Waals surface area contributed by atoms with Gasteiger partial charge in [0.2, 0.25) is 0 Å². The van der Waals surface area contributed by atoms with Crippen molar-refractivity contribution in [2.75, 3.05) is 13.2 Å². The largest absolute Gasteiger partial charge is 0.394 e. The van der Waals surface area contributed by atoms with Crippen LogP contribution in [-0.4, -0.2) is 35.0 Å². The van der Waals surface area contributed by atoms with Crippen molar-refractivity contribution in [1.29, 1.82) is 0 Å². The molecule has 0 rings (SSSR count). The molecular weight excluding hydrogens is 176 g/mol. The standard InChI is InChI=1S/C7H16N2O4/c1-7(2,3)8-4-6(5-10)13-9(11)12/h6,8,10H,4-5H2,1-3H3/t6-/m0/s1. The van der Waals surface area contributed by atoms with Gasteiger partial charge in [-0.05, 0) is 20.8 Å². The second-order valence-electron chi connectivity index (χ2n) is 3.76. The lowest BCUT2D eigenvalue weighted by Gasteiger charge is -2.23. The Morgan fingerprint density at radius 2 is 2.15 bits per heavy atom. The van der Waals surface area contributed by atoms with Gasteiger partial charge in [-0.15, -0.1) is 10.1 Å². The van der Waals surface area contributed by atoms with E-state index in [0.29, 0.717) is 0 Å². The third-order valence-electron chi connectivity index (χ3n) is 1.30. The van der Waals surface area contributed by atoms with E-state index in [-0.39, 0.29) is 18.7 Å². The Balaban J connectivity index is 3.79. The zero-order valence-corrected chi connectivity index (χ0v) is 8.11. The van der Waals surface area contributed by atoms with Gasteiger partial charge in [-0.25, -0.2) is 0 Å². The van der Waals surface area contributed by atoms with Crippen LogP contribution in [0.1, 0.15) is 20.8 Å². The van der Waals surface area contributed by atoms with Crippen molar-refractivity contribution < 1.29 is 15.0 Å². The van der Waals surface area contributed by atoms with Crippen molar-refractivity contribution in [1.82, 2.24) is 5.32 Å². The zero-order valence-electron chi connectivity index (χ0n) is 8.11. The molecule has 0 bridgehead atoms. The summed E-state index contributed by atoms with van der Waals surface area (Å²) < 4.78 is 0. The minimum atomic E-state index is -0.898. The fourth-order valence-corrected chi connectivity index (χ4v) is 0.677. The lowest BCUT2D eigenvalue weighted by atomic mass is 10.1. The van der Waals surface area contributed by atoms with Crippen molar-refractivity contribution in [3.63, 3.8) is 0 Å². The Morgan fingerprint density at radius 3 is 2.46 bits per heavy atom. The van der Waals surface area contributed by atoms with Gasteiger partial charge in [0.1, 0.15) is 6.10 Å². The van der Waals surface area contributed by atoms with Gasteiger partial charge in [0.25, 0.3) is 5.09 Å². The molecule has 0 saturated carbocycles. The summed E-state index contributed by atoms with van der Waals surface area (Å²) in [6.45, 7) is 5.65. The molecule has 0 aliphatic carbocycles. The summed E-state index contributed by atoms with van der Waals surface area (Å²) in [6, 6.07) is 0. The van der Waals surface area contributed by atoms with Crippen molar-refractivity contribution in [3.05, 3.63) is 10.1 Å². The number of aliphatic hydroxyl groups is 1. The predicted molar refractivity (Wildman–Crippen MR) is 46.7 cm³/mol. The van der Waals surface area contributed by atoms with E-state index in [1.165, 1.54) is 0 Å². The van der Waals surface area contributed by atoms with Gasteiger partial charge < -0.3 is 15.3 Å². The second kappa shape index (κ2) is 4.98. The lowest BCUT2D eigenvalue weighted by molar-refractivity contribution is -0.768. The Hall–Kier alpha value is -0.880. The first-order valence-electron chi connectivity index (χ1n) is 4.02. The van der Waals surface area contributed by atoms with Gasteiger partial charge in [-0.2, -0.15) is 0 Å². The number of rotatable bonds is 5. The smallest absolute Gasteiger partial charge is 0.294 e. The molecule has 2 N–H and O–H groups in total. The molecule has 13 heavy (non-hydrogen) atoms. The molecule has 0 amide bonds. The van der Waals surface area contributed by atoms with Crippen LogP contribution in [0, 0.1) is 10.1 Å². The van der Waals surface area contributed by atoms with Crippen LogP contribution in [0.15, 0.2) is 0 Å². The number of hydrogen-bond acceptors (Lipinski definition) is 5. The van der Waals surface area contributed by atoms with Crippen LogP contribution in [0.4, 0.5) is 0 Å². The van der Waals surface area contributed by atoms with Gasteiger partial charge in [0.15, 0.2) is 0 Å². The minimum absolute atomic E-state index is 0.145. The van der Waals surface area contributed by atoms with Crippen LogP contribution in [0.5, 0.6) is 0 Å². The summed E-state index contributed by atoms with van der Waals surface area (Å²) in [7, 11) is 0. The van der Waals surface area contributed by atoms with Gasteiger partial charge in [0, 0.05) is 12.1 Å². The van der Waals surface area contributed by atoms with Crippen LogP contribution in [0.3, 0.4) is 0 Å². The molecule has 0 spiro atoms. The van der Waals surface area contributed by atoms with Crippen molar-refractivity contribution in [2.45, 2.75) is 32.4 Å². The molecule has 6 nitrogen and oxygen atoms in total. The highest BCUT2D eigenvalue weighted by Crippen LogP contribution is 1.99. The molecule has 6 heteroatoms. The molecule has 78 valence electrons. The molecule has 1 atom stereocenters. The van der Waals surface area contributed by atoms with E-state index in [4.69, 9.17) is 5.11 Å². The Morgan fingerprint density at radius 1 is 1.62 bits per heavy atom. The molecule has 0 aromatic rings. The maximum Gasteiger partial charge on any atom is 0.294 e. The molecule has 0 aliphatic heterocycles. The van der Waals surface area contributed by atoms with Crippen LogP contribution in [-0.2, 0) is 4.84 Å². The van der Waals surface area contributed by atoms with Gasteiger partial charge in [-0.3, -0.25) is 0 Å². The third-order valence-corrected chi connectivity index (χ3v) is 1.30. The number of nitrogens with one attached hydrogen (secondary N) is 1. The maximum absolute atomic E-state index is 9.94. The second-order valence-corrected chi connectivity index (χ2v) is 3.76. The first-order valence-corrected chi connectivity index (χ1v) is 4.02. The molecule has 0 aromatic heterocycles. The SMILES string of the molecule is CC(C)(C)NC[C@@H](CO)O[N+](=O)[O-]. The molecule has 0 aliphatic rings. The highest BCUT2D eigenvalue weighted by atomic mass is 17.0. The average Bonchev–Trinajstić information content (AvgIpc) is 1.95. The van der Waals surface area contributed by atoms with Gasteiger partial charge in [0.05, 0.1) is 6.61 Å². The number of nitrogens with zero attached hydrogens (tertiary/aromatic N) is 1. The summed E-state index contributed by atoms with van der Waals surface area (Å²) in [5.74, 6) is 0. The van der Waals surface area contributed by atoms with Crippen LogP contribution in [0.25, 0.3) is 0 Å². The summed E-state index contributed by atoms with van der Waals surface area (Å²) in [5.41, 5.74) is -0.145. The fourth-order valence-electron chi connectivity index (χ4n) is 0.677. The quantitative estimate of drug-likeness (QED) is 0.471. The fraction of sp³-hybridized carbons (Fsp3) is 1.00. The maximum atomic E-state index is 9.94. The Kier molecular flexibility index (Phi) is 4.64. The average molecular weight is 192 g/mol. The Bertz CT molecular complexity index is 166. The van der Waals surface area contributed by atoms with E-state index in [1.807, 2.05) is 20.8 Å². The monoisotopic (exact) mass is 192 g/mol. The molecule has 0 fully saturated rings. The first kappa shape index (κ1) is 12.1. The predicted octanol–water partition coefficient (Wildman–Crippen LogP) is -0.0563. The minimum Gasteiger partial charge on any atom is -0.394 e. The molecule has 0 heterocycles. The molecule has 0 radical (unpaired) electrons. The Labute approximate surface area is 77.0 Å². The first-order chi connectivity index (χ1) is 5.85. The third kappa shape index (κ3) is 7.48. The highest BCUT2D eigenvalue weighted by Gasteiger charge is 2.16. The topological polar surface area (TPSA) is 84.6 Å². The van der Waals surface area contributed by atoms with E-state index in [9.17, 15) is 10.1 Å². The molecule has 0 unspecified atom stereocenters. The van der Waals surface area contributed by atoms with E-state index in [0.717, 1.165) is 0 Å². The van der Waals surface area contributed by atoms with E-state index in [2.05, 4.69) is 10.2 Å². The summed E-state index contributed by atoms with van der Waals surface area (Å²) in [6.07, 6.45) is -0.797. The molecule has 0 saturated heterocycles. The summed E-state index contributed by atoms with van der Waals surface area (Å²) >= 11 is 0. The summed E-state index contributed by atoms with van der Waals surface area (Å²) in [4.78, 5) is 14.1. The van der Waals surface area contributed by atoms with Crippen LogP contribution >= 0.6 is 0 Å². The van der Waals surface area contributed by atoms with Gasteiger partial charge in [-0.1, -0.05) is 0 Å². The number of hydrogen-bond donors (Lipinski definition) is 2. The van der Waals surface area contributed by atoms with E-state index < -0.39 is 11.2 Å². The zero-order chi connectivity index (χ0) is 10.5. The normalized spacial score (nSPS) is 13.8. The lowest BCUT2D eigenvalue weighted by Crippen LogP contribution is -2.43. The molecular formula is C7H16N2O4. The van der Waals surface area contributed by atoms with E-state index in [1.54, 1.807) is 0 Å². The van der Waals surface area contributed by atoms with E-state index >= 15 is 0 Å². The van der Waals surface area contributed by atoms with Crippen LogP contribution in [0.2, 0.25) is 0 Å². The van der Waals surface area contributed by atoms with Crippen LogP contribution < -0.4 is 5.32 Å².